The number of likely N-dealkylation sites (tertiary alicyclic amines) is 1. The van der Waals surface area contributed by atoms with Gasteiger partial charge in [0.1, 0.15) is 11.9 Å². The molecule has 1 aromatic carbocycles. The Morgan fingerprint density at radius 1 is 1.26 bits per heavy atom. The van der Waals surface area contributed by atoms with E-state index in [4.69, 9.17) is 15.2 Å². The largest absolute Gasteiger partial charge is 0.573 e. The summed E-state index contributed by atoms with van der Waals surface area (Å²) in [6.07, 6.45) is -5.12. The molecule has 4 N–H and O–H groups in total. The molecule has 172 valence electrons. The first-order chi connectivity index (χ1) is 14.7. The van der Waals surface area contributed by atoms with Gasteiger partial charge in [0.25, 0.3) is 0 Å². The maximum Gasteiger partial charge on any atom is 0.573 e. The van der Waals surface area contributed by atoms with Gasteiger partial charge in [-0.3, -0.25) is 9.69 Å². The predicted octanol–water partition coefficient (Wildman–Crippen LogP) is 0.725. The third-order valence-corrected chi connectivity index (χ3v) is 6.18. The minimum atomic E-state index is -4.73. The van der Waals surface area contributed by atoms with Gasteiger partial charge < -0.3 is 30.4 Å². The van der Waals surface area contributed by atoms with Crippen LogP contribution in [0.2, 0.25) is 0 Å². The second-order valence-corrected chi connectivity index (χ2v) is 8.17. The number of carbonyl (C=O) groups excluding carboxylic acids is 1. The van der Waals surface area contributed by atoms with Gasteiger partial charge >= 0.3 is 6.36 Å². The maximum absolute atomic E-state index is 12.3. The minimum Gasteiger partial charge on any atom is -0.406 e. The van der Waals surface area contributed by atoms with Crippen molar-refractivity contribution in [1.29, 1.82) is 0 Å². The molecule has 3 aliphatic rings. The van der Waals surface area contributed by atoms with Crippen molar-refractivity contribution in [3.05, 3.63) is 29.8 Å². The number of hydrogen-bond acceptors (Lipinski definition) is 7. The zero-order valence-electron chi connectivity index (χ0n) is 16.8. The molecule has 0 aromatic heterocycles. The zero-order valence-corrected chi connectivity index (χ0v) is 16.8. The molecular formula is C20H26F3N3O5. The Labute approximate surface area is 177 Å². The summed E-state index contributed by atoms with van der Waals surface area (Å²) in [6, 6.07) is 4.77. The molecule has 0 unspecified atom stereocenters. The van der Waals surface area contributed by atoms with E-state index in [1.165, 1.54) is 24.3 Å². The lowest BCUT2D eigenvalue weighted by atomic mass is 9.90. The lowest BCUT2D eigenvalue weighted by Crippen LogP contribution is -2.65. The van der Waals surface area contributed by atoms with Crippen LogP contribution in [-0.2, 0) is 20.8 Å². The third-order valence-electron chi connectivity index (χ3n) is 6.18. The molecule has 4 rings (SSSR count). The van der Waals surface area contributed by atoms with E-state index in [2.05, 4.69) is 15.0 Å². The van der Waals surface area contributed by atoms with E-state index in [1.807, 2.05) is 0 Å². The van der Waals surface area contributed by atoms with Crippen molar-refractivity contribution >= 4 is 5.91 Å². The Kier molecular flexibility index (Phi) is 6.40. The average Bonchev–Trinajstić information content (AvgIpc) is 3.13. The van der Waals surface area contributed by atoms with E-state index in [0.29, 0.717) is 39.1 Å². The number of halogens is 3. The fourth-order valence-corrected chi connectivity index (χ4v) is 4.57. The number of amides is 1. The Hall–Kier alpha value is -1.92. The molecule has 3 fully saturated rings. The number of nitrogens with one attached hydrogen (secondary N) is 1. The summed E-state index contributed by atoms with van der Waals surface area (Å²) in [5.41, 5.74) is 6.14. The van der Waals surface area contributed by atoms with Crippen molar-refractivity contribution in [2.24, 2.45) is 11.7 Å². The van der Waals surface area contributed by atoms with E-state index in [1.54, 1.807) is 0 Å². The van der Waals surface area contributed by atoms with Gasteiger partial charge in [-0.25, -0.2) is 0 Å². The van der Waals surface area contributed by atoms with Crippen LogP contribution in [0.15, 0.2) is 24.3 Å². The van der Waals surface area contributed by atoms with Gasteiger partial charge in [0.05, 0.1) is 24.8 Å². The molecule has 0 spiro atoms. The molecular weight excluding hydrogens is 419 g/mol. The molecule has 3 saturated heterocycles. The number of rotatable bonds is 6. The lowest BCUT2D eigenvalue weighted by Gasteiger charge is -2.46. The monoisotopic (exact) mass is 445 g/mol. The van der Waals surface area contributed by atoms with E-state index in [0.717, 1.165) is 5.56 Å². The first-order valence-corrected chi connectivity index (χ1v) is 10.3. The Morgan fingerprint density at radius 2 is 1.94 bits per heavy atom. The van der Waals surface area contributed by atoms with E-state index < -0.39 is 24.8 Å². The summed E-state index contributed by atoms with van der Waals surface area (Å²) in [7, 11) is 0. The fourth-order valence-electron chi connectivity index (χ4n) is 4.57. The summed E-state index contributed by atoms with van der Waals surface area (Å²) in [5.74, 6) is -0.749. The number of nitrogens with two attached hydrogens (primary N) is 1. The van der Waals surface area contributed by atoms with Crippen molar-refractivity contribution in [2.45, 2.75) is 56.3 Å². The van der Waals surface area contributed by atoms with Crippen LogP contribution in [0.1, 0.15) is 18.4 Å². The van der Waals surface area contributed by atoms with Crippen LogP contribution in [0.4, 0.5) is 13.2 Å². The van der Waals surface area contributed by atoms with Crippen molar-refractivity contribution < 1.29 is 37.3 Å². The third kappa shape index (κ3) is 5.12. The number of carbonyl (C=O) groups is 1. The number of benzene rings is 1. The minimum absolute atomic E-state index is 0.159. The Balaban J connectivity index is 1.37. The van der Waals surface area contributed by atoms with Gasteiger partial charge in [0.15, 0.2) is 6.29 Å². The van der Waals surface area contributed by atoms with Gasteiger partial charge in [-0.15, -0.1) is 13.2 Å². The van der Waals surface area contributed by atoms with Crippen LogP contribution in [0, 0.1) is 5.92 Å². The van der Waals surface area contributed by atoms with Crippen LogP contribution >= 0.6 is 0 Å². The Morgan fingerprint density at radius 3 is 2.55 bits per heavy atom. The number of hydrogen-bond donors (Lipinski definition) is 3. The molecule has 0 aliphatic carbocycles. The lowest BCUT2D eigenvalue weighted by molar-refractivity contribution is -0.274. The van der Waals surface area contributed by atoms with Gasteiger partial charge in [-0.1, -0.05) is 12.1 Å². The number of aliphatic hydroxyl groups is 1. The molecule has 31 heavy (non-hydrogen) atoms. The van der Waals surface area contributed by atoms with Crippen molar-refractivity contribution in [3.63, 3.8) is 0 Å². The number of piperidine rings is 1. The van der Waals surface area contributed by atoms with E-state index >= 15 is 0 Å². The Bertz CT molecular complexity index is 770. The van der Waals surface area contributed by atoms with Crippen LogP contribution in [0.3, 0.4) is 0 Å². The molecule has 1 aromatic rings. The number of alkyl halides is 3. The number of aliphatic hydroxyl groups excluding tert-OH is 1. The highest BCUT2D eigenvalue weighted by molar-refractivity contribution is 5.76. The number of ether oxygens (including phenoxy) is 3. The highest BCUT2D eigenvalue weighted by atomic mass is 19.4. The molecule has 2 bridgehead atoms. The van der Waals surface area contributed by atoms with Crippen molar-refractivity contribution in [2.75, 3.05) is 19.7 Å². The molecule has 5 atom stereocenters. The molecule has 0 radical (unpaired) electrons. The van der Waals surface area contributed by atoms with Gasteiger partial charge in [0, 0.05) is 12.5 Å². The molecule has 3 aliphatic heterocycles. The summed E-state index contributed by atoms with van der Waals surface area (Å²) >= 11 is 0. The van der Waals surface area contributed by atoms with Crippen LogP contribution < -0.4 is 15.8 Å². The van der Waals surface area contributed by atoms with Crippen LogP contribution in [-0.4, -0.2) is 72.6 Å². The topological polar surface area (TPSA) is 106 Å². The number of nitrogens with zero attached hydrogens (tertiary/aromatic N) is 1. The second kappa shape index (κ2) is 8.91. The van der Waals surface area contributed by atoms with Crippen molar-refractivity contribution in [3.8, 4) is 5.75 Å². The number of fused-ring (bicyclic) bond motifs is 2. The summed E-state index contributed by atoms with van der Waals surface area (Å²) in [6.45, 7) is 1.88. The molecule has 3 heterocycles. The number of primary amides is 1. The van der Waals surface area contributed by atoms with E-state index in [-0.39, 0.29) is 29.7 Å². The maximum atomic E-state index is 12.3. The zero-order chi connectivity index (χ0) is 22.2. The van der Waals surface area contributed by atoms with Gasteiger partial charge in [-0.05, 0) is 43.6 Å². The van der Waals surface area contributed by atoms with E-state index in [9.17, 15) is 23.1 Å². The first-order valence-electron chi connectivity index (χ1n) is 10.3. The molecule has 8 nitrogen and oxygen atoms in total. The van der Waals surface area contributed by atoms with Crippen molar-refractivity contribution in [1.82, 2.24) is 10.2 Å². The molecule has 0 saturated carbocycles. The summed E-state index contributed by atoms with van der Waals surface area (Å²) < 4.78 is 52.5. The quantitative estimate of drug-likeness (QED) is 0.593. The molecule has 1 amide bonds. The normalized spacial score (nSPS) is 32.2. The fraction of sp³-hybridized carbons (Fsp3) is 0.650. The van der Waals surface area contributed by atoms with Crippen LogP contribution in [0.5, 0.6) is 5.75 Å². The first kappa shape index (κ1) is 22.3. The highest BCUT2D eigenvalue weighted by Gasteiger charge is 2.52. The van der Waals surface area contributed by atoms with Crippen LogP contribution in [0.25, 0.3) is 0 Å². The summed E-state index contributed by atoms with van der Waals surface area (Å²) in [4.78, 5) is 13.5. The average molecular weight is 445 g/mol. The molecule has 11 heteroatoms. The predicted molar refractivity (Wildman–Crippen MR) is 102 cm³/mol. The second-order valence-electron chi connectivity index (χ2n) is 8.17. The SMILES string of the molecule is NC(=O)C1CCN([C@H]2[C@@H]3OC[C@H](O3)[C@H](NCc3ccc(OC(F)(F)F)cc3)[C@@H]2O)CC1. The van der Waals surface area contributed by atoms with Gasteiger partial charge in [-0.2, -0.15) is 0 Å². The smallest absolute Gasteiger partial charge is 0.406 e. The highest BCUT2D eigenvalue weighted by Crippen LogP contribution is 2.33. The summed E-state index contributed by atoms with van der Waals surface area (Å²) in [5, 5.41) is 14.3. The van der Waals surface area contributed by atoms with Gasteiger partial charge in [0.2, 0.25) is 5.91 Å². The standard InChI is InChI=1S/C20H26F3N3O5/c21-20(22,23)31-13-3-1-11(2-4-13)9-25-15-14-10-29-19(30-14)16(17(15)27)26-7-5-12(6-8-26)18(24)28/h1-4,12,14-17,19,25,27H,5-10H2,(H2,24,28)/t14-,15-,16+,17-,19+/m0/s1.